The van der Waals surface area contributed by atoms with Gasteiger partial charge in [0.2, 0.25) is 0 Å². The van der Waals surface area contributed by atoms with E-state index in [0.29, 0.717) is 22.7 Å². The molecule has 122 valence electrons. The number of hydrogen-bond acceptors (Lipinski definition) is 5. The molecule has 2 aromatic heterocycles. The standard InChI is InChI=1S/C15H14N6O3/c1-10-8-11(5-6-12(10)21(23)24)17-15(22)16-9-14-19-18-13-4-2-3-7-20(13)14/h2-8H,9H2,1H3,(H2,16,17,22). The lowest BCUT2D eigenvalue weighted by atomic mass is 10.2. The van der Waals surface area contributed by atoms with Gasteiger partial charge in [0.1, 0.15) is 0 Å². The smallest absolute Gasteiger partial charge is 0.319 e. The van der Waals surface area contributed by atoms with Crippen molar-refractivity contribution in [3.8, 4) is 0 Å². The van der Waals surface area contributed by atoms with Gasteiger partial charge in [0, 0.05) is 23.5 Å². The van der Waals surface area contributed by atoms with Crippen LogP contribution in [0.15, 0.2) is 42.6 Å². The molecule has 0 aliphatic rings. The summed E-state index contributed by atoms with van der Waals surface area (Å²) in [6, 6.07) is 9.47. The fraction of sp³-hybridized carbons (Fsp3) is 0.133. The molecule has 0 aliphatic carbocycles. The molecule has 0 aliphatic heterocycles. The van der Waals surface area contributed by atoms with Gasteiger partial charge < -0.3 is 10.6 Å². The van der Waals surface area contributed by atoms with Crippen molar-refractivity contribution in [2.24, 2.45) is 0 Å². The van der Waals surface area contributed by atoms with Crippen LogP contribution in [0.4, 0.5) is 16.2 Å². The molecule has 0 spiro atoms. The van der Waals surface area contributed by atoms with Crippen LogP contribution in [0, 0.1) is 17.0 Å². The van der Waals surface area contributed by atoms with Crippen LogP contribution in [0.25, 0.3) is 5.65 Å². The number of rotatable bonds is 4. The van der Waals surface area contributed by atoms with E-state index in [1.165, 1.54) is 12.1 Å². The summed E-state index contributed by atoms with van der Waals surface area (Å²) in [5.74, 6) is 0.598. The number of carbonyl (C=O) groups is 1. The largest absolute Gasteiger partial charge is 0.331 e. The first-order valence-corrected chi connectivity index (χ1v) is 7.13. The fourth-order valence-corrected chi connectivity index (χ4v) is 2.28. The minimum Gasteiger partial charge on any atom is -0.331 e. The minimum absolute atomic E-state index is 0.0101. The first-order chi connectivity index (χ1) is 11.5. The Labute approximate surface area is 136 Å². The molecule has 0 unspecified atom stereocenters. The van der Waals surface area contributed by atoms with Crippen LogP contribution < -0.4 is 10.6 Å². The van der Waals surface area contributed by atoms with Crippen LogP contribution in [-0.4, -0.2) is 25.6 Å². The molecule has 2 amide bonds. The maximum Gasteiger partial charge on any atom is 0.319 e. The van der Waals surface area contributed by atoms with Gasteiger partial charge in [0.25, 0.3) is 5.69 Å². The summed E-state index contributed by atoms with van der Waals surface area (Å²) in [7, 11) is 0. The highest BCUT2D eigenvalue weighted by Crippen LogP contribution is 2.21. The number of nitro benzene ring substituents is 1. The van der Waals surface area contributed by atoms with Crippen LogP contribution in [0.5, 0.6) is 0 Å². The van der Waals surface area contributed by atoms with E-state index in [9.17, 15) is 14.9 Å². The summed E-state index contributed by atoms with van der Waals surface area (Å²) in [6.45, 7) is 1.81. The third-order valence-electron chi connectivity index (χ3n) is 3.44. The zero-order chi connectivity index (χ0) is 17.1. The predicted octanol–water partition coefficient (Wildman–Crippen LogP) is 2.27. The molecule has 0 saturated heterocycles. The summed E-state index contributed by atoms with van der Waals surface area (Å²) in [5.41, 5.74) is 1.65. The first kappa shape index (κ1) is 15.4. The normalized spacial score (nSPS) is 10.5. The Balaban J connectivity index is 1.64. The van der Waals surface area contributed by atoms with E-state index in [-0.39, 0.29) is 12.2 Å². The molecule has 24 heavy (non-hydrogen) atoms. The number of urea groups is 1. The van der Waals surface area contributed by atoms with E-state index in [1.807, 2.05) is 24.4 Å². The molecule has 0 saturated carbocycles. The molecule has 9 heteroatoms. The van der Waals surface area contributed by atoms with Gasteiger partial charge in [-0.05, 0) is 31.2 Å². The number of carbonyl (C=O) groups excluding carboxylic acids is 1. The molecule has 2 heterocycles. The van der Waals surface area contributed by atoms with Gasteiger partial charge in [0.05, 0.1) is 11.5 Å². The Morgan fingerprint density at radius 2 is 2.12 bits per heavy atom. The van der Waals surface area contributed by atoms with Crippen molar-refractivity contribution in [3.05, 3.63) is 64.1 Å². The molecule has 3 aromatic rings. The zero-order valence-electron chi connectivity index (χ0n) is 12.8. The fourth-order valence-electron chi connectivity index (χ4n) is 2.28. The topological polar surface area (TPSA) is 114 Å². The number of amides is 2. The monoisotopic (exact) mass is 326 g/mol. The second-order valence-electron chi connectivity index (χ2n) is 5.11. The molecular weight excluding hydrogens is 312 g/mol. The molecular formula is C15H14N6O3. The number of fused-ring (bicyclic) bond motifs is 1. The van der Waals surface area contributed by atoms with Crippen molar-refractivity contribution in [3.63, 3.8) is 0 Å². The third kappa shape index (κ3) is 3.14. The van der Waals surface area contributed by atoms with Gasteiger partial charge in [-0.15, -0.1) is 10.2 Å². The van der Waals surface area contributed by atoms with E-state index in [4.69, 9.17) is 0 Å². The van der Waals surface area contributed by atoms with Crippen molar-refractivity contribution in [2.75, 3.05) is 5.32 Å². The number of aromatic nitrogens is 3. The van der Waals surface area contributed by atoms with Gasteiger partial charge in [-0.3, -0.25) is 14.5 Å². The van der Waals surface area contributed by atoms with E-state index in [0.717, 1.165) is 0 Å². The van der Waals surface area contributed by atoms with E-state index < -0.39 is 11.0 Å². The molecule has 0 atom stereocenters. The van der Waals surface area contributed by atoms with Crippen LogP contribution in [0.3, 0.4) is 0 Å². The number of nitrogens with zero attached hydrogens (tertiary/aromatic N) is 4. The van der Waals surface area contributed by atoms with Crippen LogP contribution in [0.1, 0.15) is 11.4 Å². The summed E-state index contributed by atoms with van der Waals surface area (Å²) >= 11 is 0. The van der Waals surface area contributed by atoms with Gasteiger partial charge in [-0.1, -0.05) is 6.07 Å². The summed E-state index contributed by atoms with van der Waals surface area (Å²) in [4.78, 5) is 22.3. The summed E-state index contributed by atoms with van der Waals surface area (Å²) in [5, 5.41) is 24.1. The number of aryl methyl sites for hydroxylation is 1. The maximum absolute atomic E-state index is 12.0. The lowest BCUT2D eigenvalue weighted by Gasteiger charge is -2.08. The predicted molar refractivity (Wildman–Crippen MR) is 86.7 cm³/mol. The molecule has 2 N–H and O–H groups in total. The summed E-state index contributed by atoms with van der Waals surface area (Å²) in [6.07, 6.45) is 1.81. The average molecular weight is 326 g/mol. The van der Waals surface area contributed by atoms with E-state index >= 15 is 0 Å². The third-order valence-corrected chi connectivity index (χ3v) is 3.44. The Morgan fingerprint density at radius 1 is 1.29 bits per heavy atom. The average Bonchev–Trinajstić information content (AvgIpc) is 2.96. The van der Waals surface area contributed by atoms with Crippen molar-refractivity contribution in [1.82, 2.24) is 19.9 Å². The molecule has 0 radical (unpaired) electrons. The lowest BCUT2D eigenvalue weighted by molar-refractivity contribution is -0.385. The van der Waals surface area contributed by atoms with Gasteiger partial charge in [0.15, 0.2) is 11.5 Å². The summed E-state index contributed by atoms with van der Waals surface area (Å²) < 4.78 is 1.77. The number of nitro groups is 1. The Morgan fingerprint density at radius 3 is 2.88 bits per heavy atom. The lowest BCUT2D eigenvalue weighted by Crippen LogP contribution is -2.29. The van der Waals surface area contributed by atoms with E-state index in [1.54, 1.807) is 17.4 Å². The highest BCUT2D eigenvalue weighted by atomic mass is 16.6. The number of anilines is 1. The zero-order valence-corrected chi connectivity index (χ0v) is 12.8. The SMILES string of the molecule is Cc1cc(NC(=O)NCc2nnc3ccccn23)ccc1[N+](=O)[O-]. The Hall–Kier alpha value is -3.49. The quantitative estimate of drug-likeness (QED) is 0.564. The number of benzene rings is 1. The number of hydrogen-bond donors (Lipinski definition) is 2. The number of nitrogens with one attached hydrogen (secondary N) is 2. The molecule has 9 nitrogen and oxygen atoms in total. The van der Waals surface area contributed by atoms with Crippen molar-refractivity contribution < 1.29 is 9.72 Å². The maximum atomic E-state index is 12.0. The van der Waals surface area contributed by atoms with Crippen molar-refractivity contribution in [2.45, 2.75) is 13.5 Å². The van der Waals surface area contributed by atoms with Crippen LogP contribution in [0.2, 0.25) is 0 Å². The minimum atomic E-state index is -0.463. The Kier molecular flexibility index (Phi) is 4.06. The van der Waals surface area contributed by atoms with Gasteiger partial charge in [-0.25, -0.2) is 4.79 Å². The van der Waals surface area contributed by atoms with Gasteiger partial charge in [-0.2, -0.15) is 0 Å². The van der Waals surface area contributed by atoms with Crippen LogP contribution >= 0.6 is 0 Å². The molecule has 0 bridgehead atoms. The molecule has 0 fully saturated rings. The molecule has 1 aromatic carbocycles. The Bertz CT molecular complexity index is 920. The van der Waals surface area contributed by atoms with Crippen molar-refractivity contribution in [1.29, 1.82) is 0 Å². The highest BCUT2D eigenvalue weighted by Gasteiger charge is 2.12. The van der Waals surface area contributed by atoms with E-state index in [2.05, 4.69) is 20.8 Å². The first-order valence-electron chi connectivity index (χ1n) is 7.13. The number of pyridine rings is 1. The van der Waals surface area contributed by atoms with Crippen LogP contribution in [-0.2, 0) is 6.54 Å². The molecule has 3 rings (SSSR count). The van der Waals surface area contributed by atoms with Gasteiger partial charge >= 0.3 is 6.03 Å². The van der Waals surface area contributed by atoms with Crippen molar-refractivity contribution >= 4 is 23.1 Å². The second kappa shape index (κ2) is 6.32. The highest BCUT2D eigenvalue weighted by molar-refractivity contribution is 5.89. The second-order valence-corrected chi connectivity index (χ2v) is 5.11.